The number of hydrogen-bond donors (Lipinski definition) is 2. The molecular formula is C15H23N3O2S. The lowest BCUT2D eigenvalue weighted by Crippen LogP contribution is -2.48. The molecule has 2 amide bonds. The van der Waals surface area contributed by atoms with Crippen LogP contribution in [0.4, 0.5) is 0 Å². The zero-order valence-electron chi connectivity index (χ0n) is 12.6. The molecule has 2 heterocycles. The fraction of sp³-hybridized carbons (Fsp3) is 0.600. The van der Waals surface area contributed by atoms with Crippen LogP contribution in [0.15, 0.2) is 17.5 Å². The summed E-state index contributed by atoms with van der Waals surface area (Å²) in [5.74, 6) is -0.0652. The Kier molecular flexibility index (Phi) is 5.76. The molecule has 6 heteroatoms. The van der Waals surface area contributed by atoms with Crippen molar-refractivity contribution in [3.8, 4) is 0 Å². The highest BCUT2D eigenvalue weighted by Crippen LogP contribution is 2.22. The van der Waals surface area contributed by atoms with Gasteiger partial charge in [-0.05, 0) is 37.8 Å². The van der Waals surface area contributed by atoms with Gasteiger partial charge in [-0.2, -0.15) is 0 Å². The molecule has 1 aliphatic rings. The minimum Gasteiger partial charge on any atom is -0.353 e. The van der Waals surface area contributed by atoms with Gasteiger partial charge in [-0.15, -0.1) is 11.3 Å². The van der Waals surface area contributed by atoms with Gasteiger partial charge in [-0.25, -0.2) is 0 Å². The average Bonchev–Trinajstić information content (AvgIpc) is 3.15. The Morgan fingerprint density at radius 3 is 3.00 bits per heavy atom. The molecule has 116 valence electrons. The summed E-state index contributed by atoms with van der Waals surface area (Å²) in [6.45, 7) is 6.20. The van der Waals surface area contributed by atoms with Crippen LogP contribution in [0.25, 0.3) is 0 Å². The maximum atomic E-state index is 12.4. The molecule has 0 bridgehead atoms. The van der Waals surface area contributed by atoms with Crippen LogP contribution < -0.4 is 10.6 Å². The van der Waals surface area contributed by atoms with Crippen LogP contribution in [-0.4, -0.2) is 48.4 Å². The Morgan fingerprint density at radius 1 is 1.52 bits per heavy atom. The number of likely N-dealkylation sites (tertiary alicyclic amines) is 1. The summed E-state index contributed by atoms with van der Waals surface area (Å²) in [6, 6.07) is 3.59. The Bertz CT molecular complexity index is 475. The molecule has 2 atom stereocenters. The molecule has 1 fully saturated rings. The van der Waals surface area contributed by atoms with Crippen LogP contribution >= 0.6 is 11.3 Å². The SMILES string of the molecule is CCN[C@H](C)CNC(=O)C1CCCN1C(=O)c1cccs1. The summed E-state index contributed by atoms with van der Waals surface area (Å²) in [7, 11) is 0. The van der Waals surface area contributed by atoms with E-state index in [2.05, 4.69) is 10.6 Å². The van der Waals surface area contributed by atoms with E-state index in [4.69, 9.17) is 0 Å². The van der Waals surface area contributed by atoms with Crippen molar-refractivity contribution in [2.24, 2.45) is 0 Å². The normalized spacial score (nSPS) is 19.5. The van der Waals surface area contributed by atoms with E-state index in [1.807, 2.05) is 31.4 Å². The van der Waals surface area contributed by atoms with Crippen molar-refractivity contribution < 1.29 is 9.59 Å². The Balaban J connectivity index is 1.92. The first-order chi connectivity index (χ1) is 10.1. The summed E-state index contributed by atoms with van der Waals surface area (Å²) in [5.41, 5.74) is 0. The number of likely N-dealkylation sites (N-methyl/N-ethyl adjacent to an activating group) is 1. The first-order valence-electron chi connectivity index (χ1n) is 7.49. The topological polar surface area (TPSA) is 61.4 Å². The van der Waals surface area contributed by atoms with E-state index in [1.165, 1.54) is 11.3 Å². The van der Waals surface area contributed by atoms with Crippen molar-refractivity contribution in [2.75, 3.05) is 19.6 Å². The van der Waals surface area contributed by atoms with E-state index < -0.39 is 0 Å². The first-order valence-corrected chi connectivity index (χ1v) is 8.37. The van der Waals surface area contributed by atoms with Gasteiger partial charge < -0.3 is 15.5 Å². The summed E-state index contributed by atoms with van der Waals surface area (Å²) < 4.78 is 0. The third-order valence-electron chi connectivity index (χ3n) is 3.68. The molecule has 1 unspecified atom stereocenters. The van der Waals surface area contributed by atoms with Gasteiger partial charge >= 0.3 is 0 Å². The number of nitrogens with zero attached hydrogens (tertiary/aromatic N) is 1. The molecular weight excluding hydrogens is 286 g/mol. The second-order valence-corrected chi connectivity index (χ2v) is 6.29. The van der Waals surface area contributed by atoms with E-state index in [0.717, 1.165) is 19.4 Å². The van der Waals surface area contributed by atoms with Crippen molar-refractivity contribution in [2.45, 2.75) is 38.8 Å². The number of thiophene rings is 1. The molecule has 1 aliphatic heterocycles. The summed E-state index contributed by atoms with van der Waals surface area (Å²) in [6.07, 6.45) is 1.64. The highest BCUT2D eigenvalue weighted by Gasteiger charge is 2.34. The van der Waals surface area contributed by atoms with Gasteiger partial charge in [-0.3, -0.25) is 9.59 Å². The van der Waals surface area contributed by atoms with E-state index >= 15 is 0 Å². The van der Waals surface area contributed by atoms with Crippen molar-refractivity contribution in [1.82, 2.24) is 15.5 Å². The van der Waals surface area contributed by atoms with Crippen LogP contribution in [0.5, 0.6) is 0 Å². The number of rotatable bonds is 6. The molecule has 1 saturated heterocycles. The summed E-state index contributed by atoms with van der Waals surface area (Å²) in [5, 5.41) is 8.09. The van der Waals surface area contributed by atoms with E-state index in [0.29, 0.717) is 18.0 Å². The molecule has 0 radical (unpaired) electrons. The zero-order chi connectivity index (χ0) is 15.2. The third-order valence-corrected chi connectivity index (χ3v) is 4.54. The van der Waals surface area contributed by atoms with Gasteiger partial charge in [0.25, 0.3) is 5.91 Å². The van der Waals surface area contributed by atoms with Crippen LogP contribution in [0.1, 0.15) is 36.4 Å². The monoisotopic (exact) mass is 309 g/mol. The summed E-state index contributed by atoms with van der Waals surface area (Å²) >= 11 is 1.42. The molecule has 2 N–H and O–H groups in total. The summed E-state index contributed by atoms with van der Waals surface area (Å²) in [4.78, 5) is 27.1. The minimum absolute atomic E-state index is 0.0256. The molecule has 0 aromatic carbocycles. The third kappa shape index (κ3) is 4.04. The maximum Gasteiger partial charge on any atom is 0.264 e. The number of hydrogen-bond acceptors (Lipinski definition) is 4. The highest BCUT2D eigenvalue weighted by molar-refractivity contribution is 7.12. The fourth-order valence-corrected chi connectivity index (χ4v) is 3.30. The van der Waals surface area contributed by atoms with E-state index in [1.54, 1.807) is 4.90 Å². The molecule has 0 spiro atoms. The first kappa shape index (κ1) is 16.0. The van der Waals surface area contributed by atoms with Crippen molar-refractivity contribution in [3.05, 3.63) is 22.4 Å². The lowest BCUT2D eigenvalue weighted by Gasteiger charge is -2.24. The van der Waals surface area contributed by atoms with Gasteiger partial charge in [0.2, 0.25) is 5.91 Å². The second kappa shape index (κ2) is 7.56. The standard InChI is InChI=1S/C15H23N3O2S/c1-3-16-11(2)10-17-14(19)12-6-4-8-18(12)15(20)13-7-5-9-21-13/h5,7,9,11-12,16H,3-4,6,8,10H2,1-2H3,(H,17,19)/t11-,12?/m1/s1. The number of nitrogens with one attached hydrogen (secondary N) is 2. The van der Waals surface area contributed by atoms with Gasteiger partial charge in [0.1, 0.15) is 6.04 Å². The molecule has 0 aliphatic carbocycles. The van der Waals surface area contributed by atoms with Crippen LogP contribution in [0.3, 0.4) is 0 Å². The van der Waals surface area contributed by atoms with Gasteiger partial charge in [0.05, 0.1) is 4.88 Å². The van der Waals surface area contributed by atoms with Gasteiger partial charge in [-0.1, -0.05) is 13.0 Å². The highest BCUT2D eigenvalue weighted by atomic mass is 32.1. The quantitative estimate of drug-likeness (QED) is 0.836. The van der Waals surface area contributed by atoms with E-state index in [-0.39, 0.29) is 23.9 Å². The maximum absolute atomic E-state index is 12.4. The average molecular weight is 309 g/mol. The van der Waals surface area contributed by atoms with Crippen molar-refractivity contribution in [3.63, 3.8) is 0 Å². The predicted octanol–water partition coefficient (Wildman–Crippen LogP) is 1.47. The van der Waals surface area contributed by atoms with Crippen LogP contribution in [0.2, 0.25) is 0 Å². The molecule has 5 nitrogen and oxygen atoms in total. The van der Waals surface area contributed by atoms with Gasteiger partial charge in [0, 0.05) is 19.1 Å². The number of amides is 2. The van der Waals surface area contributed by atoms with E-state index in [9.17, 15) is 9.59 Å². The fourth-order valence-electron chi connectivity index (χ4n) is 2.62. The van der Waals surface area contributed by atoms with Gasteiger partial charge in [0.15, 0.2) is 0 Å². The Labute approximate surface area is 129 Å². The minimum atomic E-state index is -0.326. The Hall–Kier alpha value is -1.40. The second-order valence-electron chi connectivity index (χ2n) is 5.34. The van der Waals surface area contributed by atoms with Crippen molar-refractivity contribution >= 4 is 23.2 Å². The Morgan fingerprint density at radius 2 is 2.33 bits per heavy atom. The van der Waals surface area contributed by atoms with Crippen molar-refractivity contribution in [1.29, 1.82) is 0 Å². The molecule has 1 aromatic heterocycles. The number of carbonyl (C=O) groups excluding carboxylic acids is 2. The molecule has 2 rings (SSSR count). The lowest BCUT2D eigenvalue weighted by molar-refractivity contribution is -0.124. The van der Waals surface area contributed by atoms with Crippen LogP contribution in [-0.2, 0) is 4.79 Å². The van der Waals surface area contributed by atoms with Crippen LogP contribution in [0, 0.1) is 0 Å². The lowest BCUT2D eigenvalue weighted by atomic mass is 10.2. The predicted molar refractivity (Wildman–Crippen MR) is 84.5 cm³/mol. The molecule has 21 heavy (non-hydrogen) atoms. The number of carbonyl (C=O) groups is 2. The molecule has 0 saturated carbocycles. The zero-order valence-corrected chi connectivity index (χ0v) is 13.4. The largest absolute Gasteiger partial charge is 0.353 e. The molecule has 1 aromatic rings. The smallest absolute Gasteiger partial charge is 0.264 e.